The molecule has 0 radical (unpaired) electrons. The molecule has 0 unspecified atom stereocenters. The third kappa shape index (κ3) is 6.15. The first-order valence-electron chi connectivity index (χ1n) is 2.52. The fourth-order valence-electron chi connectivity index (χ4n) is 0.353. The van der Waals surface area contributed by atoms with Crippen LogP contribution in [0.1, 0.15) is 6.92 Å². The Hall–Kier alpha value is 0.155. The molecule has 0 aliphatic carbocycles. The maximum Gasteiger partial charge on any atom is 0.158 e. The monoisotopic (exact) mass is 114 g/mol. The van der Waals surface area contributed by atoms with Gasteiger partial charge < -0.3 is 0 Å². The van der Waals surface area contributed by atoms with E-state index in [1.807, 2.05) is 11.8 Å². The molecule has 7 heavy (non-hydrogen) atoms. The van der Waals surface area contributed by atoms with Gasteiger partial charge in [-0.3, -0.25) is 0 Å². The van der Waals surface area contributed by atoms with Crippen molar-refractivity contribution in [2.24, 2.45) is 0 Å². The molecule has 0 nitrogen and oxygen atoms in total. The van der Waals surface area contributed by atoms with E-state index in [4.69, 9.17) is 0 Å². The number of hydrogen-bond acceptors (Lipinski definition) is 1. The molecule has 0 fully saturated rings. The lowest BCUT2D eigenvalue weighted by molar-refractivity contribution is 1.77. The Morgan fingerprint density at radius 2 is 2.43 bits per heavy atom. The summed E-state index contributed by atoms with van der Waals surface area (Å²) in [6.45, 7) is 2.06. The number of rotatable bonds is 3. The quantitative estimate of drug-likeness (QED) is 0.393. The number of allylic oxidation sites excluding steroid dienone is 1. The summed E-state index contributed by atoms with van der Waals surface area (Å²) >= 11 is 1.89. The Bertz CT molecular complexity index is 52.0. The summed E-state index contributed by atoms with van der Waals surface area (Å²) in [7, 11) is 1.22. The first-order chi connectivity index (χ1) is 3.41. The van der Waals surface area contributed by atoms with Gasteiger partial charge in [0.2, 0.25) is 0 Å². The molecule has 0 bridgehead atoms. The van der Waals surface area contributed by atoms with E-state index in [0.717, 1.165) is 0 Å². The minimum Gasteiger partial charge on any atom is -0.173 e. The molecule has 0 atom stereocenters. The number of hydrogen-bond donors (Lipinski definition) is 0. The standard InChI is InChI=1S/C5H11BS/c1-3-4-6-5-7-2/h3-4,6H,5H2,1-2H3. The molecule has 0 spiro atoms. The third-order valence-corrected chi connectivity index (χ3v) is 1.37. The molecule has 0 N–H and O–H groups in total. The molecule has 0 saturated carbocycles. The van der Waals surface area contributed by atoms with Crippen LogP contribution >= 0.6 is 11.8 Å². The highest BCUT2D eigenvalue weighted by Crippen LogP contribution is 1.86. The summed E-state index contributed by atoms with van der Waals surface area (Å²) in [5.74, 6) is 2.19. The van der Waals surface area contributed by atoms with Crippen LogP contribution in [-0.4, -0.2) is 19.2 Å². The number of thioether (sulfide) groups is 1. The highest BCUT2D eigenvalue weighted by Gasteiger charge is 1.77. The van der Waals surface area contributed by atoms with Crippen molar-refractivity contribution in [1.29, 1.82) is 0 Å². The minimum absolute atomic E-state index is 1.22. The van der Waals surface area contributed by atoms with Crippen molar-refractivity contribution in [2.75, 3.05) is 11.9 Å². The highest BCUT2D eigenvalue weighted by atomic mass is 32.2. The van der Waals surface area contributed by atoms with E-state index < -0.39 is 0 Å². The van der Waals surface area contributed by atoms with Crippen molar-refractivity contribution in [3.8, 4) is 0 Å². The smallest absolute Gasteiger partial charge is 0.158 e. The van der Waals surface area contributed by atoms with Crippen LogP contribution in [0.3, 0.4) is 0 Å². The summed E-state index contributed by atoms with van der Waals surface area (Å²) in [6, 6.07) is 0. The van der Waals surface area contributed by atoms with Gasteiger partial charge in [-0.15, -0.1) is 12.1 Å². The Morgan fingerprint density at radius 3 is 2.86 bits per heavy atom. The van der Waals surface area contributed by atoms with Crippen LogP contribution < -0.4 is 0 Å². The van der Waals surface area contributed by atoms with E-state index in [9.17, 15) is 0 Å². The van der Waals surface area contributed by atoms with Crippen LogP contribution in [-0.2, 0) is 0 Å². The average molecular weight is 114 g/mol. The normalized spacial score (nSPS) is 10.0. The van der Waals surface area contributed by atoms with Crippen LogP contribution in [0.4, 0.5) is 0 Å². The zero-order valence-corrected chi connectivity index (χ0v) is 5.79. The van der Waals surface area contributed by atoms with Crippen molar-refractivity contribution < 1.29 is 0 Å². The largest absolute Gasteiger partial charge is 0.173 e. The van der Waals surface area contributed by atoms with Gasteiger partial charge in [-0.1, -0.05) is 0 Å². The van der Waals surface area contributed by atoms with Gasteiger partial charge in [0, 0.05) is 0 Å². The second-order valence-electron chi connectivity index (χ2n) is 1.35. The van der Waals surface area contributed by atoms with Crippen molar-refractivity contribution in [1.82, 2.24) is 0 Å². The summed E-state index contributed by atoms with van der Waals surface area (Å²) in [5, 5.41) is 0. The topological polar surface area (TPSA) is 0 Å². The lowest BCUT2D eigenvalue weighted by atomic mass is 9.82. The van der Waals surface area contributed by atoms with E-state index in [0.29, 0.717) is 0 Å². The van der Waals surface area contributed by atoms with E-state index in [-0.39, 0.29) is 0 Å². The molecular formula is C5H11BS. The summed E-state index contributed by atoms with van der Waals surface area (Å²) in [6.07, 6.45) is 4.22. The molecule has 0 aromatic carbocycles. The van der Waals surface area contributed by atoms with Gasteiger partial charge in [-0.25, -0.2) is 0 Å². The van der Waals surface area contributed by atoms with Crippen molar-refractivity contribution in [3.05, 3.63) is 12.1 Å². The minimum atomic E-state index is 1.22. The molecule has 2 heteroatoms. The van der Waals surface area contributed by atoms with Gasteiger partial charge in [0.25, 0.3) is 0 Å². The fourth-order valence-corrected chi connectivity index (χ4v) is 0.724. The van der Waals surface area contributed by atoms with Crippen LogP contribution in [0.25, 0.3) is 0 Å². The Morgan fingerprint density at radius 1 is 1.71 bits per heavy atom. The fraction of sp³-hybridized carbons (Fsp3) is 0.600. The molecule has 40 valence electrons. The van der Waals surface area contributed by atoms with Crippen LogP contribution in [0.15, 0.2) is 12.1 Å². The lowest BCUT2D eigenvalue weighted by Gasteiger charge is -1.81. The first kappa shape index (κ1) is 7.15. The molecule has 0 amide bonds. The molecule has 0 aromatic rings. The van der Waals surface area contributed by atoms with E-state index in [1.54, 1.807) is 0 Å². The van der Waals surface area contributed by atoms with Gasteiger partial charge in [0.05, 0.1) is 0 Å². The molecule has 0 rings (SSSR count). The Kier molecular flexibility index (Phi) is 6.29. The molecular weight excluding hydrogens is 103 g/mol. The van der Waals surface area contributed by atoms with Gasteiger partial charge in [0.1, 0.15) is 0 Å². The zero-order valence-electron chi connectivity index (χ0n) is 4.98. The van der Waals surface area contributed by atoms with Crippen molar-refractivity contribution in [3.63, 3.8) is 0 Å². The van der Waals surface area contributed by atoms with Gasteiger partial charge in [-0.2, -0.15) is 11.8 Å². The Labute approximate surface area is 50.6 Å². The predicted molar refractivity (Wildman–Crippen MR) is 40.3 cm³/mol. The Balaban J connectivity index is 2.69. The lowest BCUT2D eigenvalue weighted by Crippen LogP contribution is -1.86. The average Bonchev–Trinajstić information content (AvgIpc) is 1.69. The summed E-state index contributed by atoms with van der Waals surface area (Å²) in [5.41, 5.74) is 1.25. The van der Waals surface area contributed by atoms with E-state index >= 15 is 0 Å². The highest BCUT2D eigenvalue weighted by molar-refractivity contribution is 7.99. The van der Waals surface area contributed by atoms with Gasteiger partial charge in [-0.05, 0) is 18.8 Å². The van der Waals surface area contributed by atoms with Gasteiger partial charge >= 0.3 is 0 Å². The summed E-state index contributed by atoms with van der Waals surface area (Å²) < 4.78 is 0. The first-order valence-corrected chi connectivity index (χ1v) is 3.91. The third-order valence-electron chi connectivity index (χ3n) is 0.724. The maximum absolute atomic E-state index is 2.19. The van der Waals surface area contributed by atoms with E-state index in [1.165, 1.54) is 12.9 Å². The summed E-state index contributed by atoms with van der Waals surface area (Å²) in [4.78, 5) is 0. The molecule has 0 aliphatic rings. The molecule has 0 heterocycles. The van der Waals surface area contributed by atoms with Crippen LogP contribution in [0.5, 0.6) is 0 Å². The van der Waals surface area contributed by atoms with Gasteiger partial charge in [0.15, 0.2) is 7.28 Å². The van der Waals surface area contributed by atoms with Crippen molar-refractivity contribution >= 4 is 19.0 Å². The van der Waals surface area contributed by atoms with E-state index in [2.05, 4.69) is 25.2 Å². The maximum atomic E-state index is 2.19. The SMILES string of the molecule is CC=CBCSC. The van der Waals surface area contributed by atoms with Crippen molar-refractivity contribution in [2.45, 2.75) is 6.92 Å². The van der Waals surface area contributed by atoms with Crippen LogP contribution in [0.2, 0.25) is 0 Å². The van der Waals surface area contributed by atoms with Crippen LogP contribution in [0, 0.1) is 0 Å². The molecule has 0 aromatic heterocycles. The zero-order chi connectivity index (χ0) is 5.54. The predicted octanol–water partition coefficient (Wildman–Crippen LogP) is 1.28. The second-order valence-corrected chi connectivity index (χ2v) is 2.34. The molecule has 0 saturated heterocycles. The second kappa shape index (κ2) is 6.15. The molecule has 0 aliphatic heterocycles.